The summed E-state index contributed by atoms with van der Waals surface area (Å²) in [5.41, 5.74) is 5.15. The Morgan fingerprint density at radius 1 is 1.41 bits per heavy atom. The van der Waals surface area contributed by atoms with Crippen LogP contribution >= 0.6 is 0 Å². The van der Waals surface area contributed by atoms with Gasteiger partial charge >= 0.3 is 0 Å². The first-order valence-corrected chi connectivity index (χ1v) is 7.78. The number of nitrogens with one attached hydrogen (secondary N) is 1. The summed E-state index contributed by atoms with van der Waals surface area (Å²) < 4.78 is 5.14. The monoisotopic (exact) mass is 298 g/mol. The Kier molecular flexibility index (Phi) is 4.12. The number of aryl methyl sites for hydroxylation is 1. The maximum absolute atomic E-state index is 11.9. The van der Waals surface area contributed by atoms with Gasteiger partial charge in [-0.25, -0.2) is 4.98 Å². The number of aromatic nitrogens is 2. The number of carbonyl (C=O) groups excluding carboxylic acids is 1. The van der Waals surface area contributed by atoms with Gasteiger partial charge in [0.1, 0.15) is 5.82 Å². The van der Waals surface area contributed by atoms with Gasteiger partial charge in [0.25, 0.3) is 0 Å². The number of benzene rings is 1. The van der Waals surface area contributed by atoms with Crippen LogP contribution in [0.4, 0.5) is 0 Å². The average Bonchev–Trinajstić information content (AvgIpc) is 2.85. The van der Waals surface area contributed by atoms with E-state index in [-0.39, 0.29) is 5.78 Å². The predicted octanol–water partition coefficient (Wildman–Crippen LogP) is 4.00. The van der Waals surface area contributed by atoms with Crippen molar-refractivity contribution >= 4 is 5.78 Å². The van der Waals surface area contributed by atoms with Crippen LogP contribution in [0.1, 0.15) is 59.3 Å². The van der Waals surface area contributed by atoms with Gasteiger partial charge in [0.05, 0.1) is 18.5 Å². The molecule has 1 aliphatic carbocycles. The summed E-state index contributed by atoms with van der Waals surface area (Å²) in [6, 6.07) is 4.18. The third-order valence-electron chi connectivity index (χ3n) is 4.50. The van der Waals surface area contributed by atoms with E-state index in [1.165, 1.54) is 24.8 Å². The van der Waals surface area contributed by atoms with E-state index in [1.54, 1.807) is 20.2 Å². The fourth-order valence-corrected chi connectivity index (χ4v) is 3.10. The van der Waals surface area contributed by atoms with Gasteiger partial charge in [-0.2, -0.15) is 0 Å². The van der Waals surface area contributed by atoms with Crippen LogP contribution in [-0.4, -0.2) is 22.9 Å². The number of methoxy groups -OCH3 is 1. The second-order valence-electron chi connectivity index (χ2n) is 6.13. The van der Waals surface area contributed by atoms with E-state index in [0.29, 0.717) is 12.5 Å². The van der Waals surface area contributed by atoms with E-state index in [4.69, 9.17) is 4.74 Å². The van der Waals surface area contributed by atoms with Crippen molar-refractivity contribution in [1.82, 2.24) is 9.97 Å². The Morgan fingerprint density at radius 3 is 2.77 bits per heavy atom. The van der Waals surface area contributed by atoms with Crippen molar-refractivity contribution in [3.05, 3.63) is 40.7 Å². The number of imidazole rings is 1. The van der Waals surface area contributed by atoms with Crippen LogP contribution in [0.3, 0.4) is 0 Å². The molecule has 0 aliphatic heterocycles. The first kappa shape index (κ1) is 15.0. The molecule has 116 valence electrons. The lowest BCUT2D eigenvalue weighted by atomic mass is 9.77. The molecule has 0 atom stereocenters. The van der Waals surface area contributed by atoms with Gasteiger partial charge in [-0.05, 0) is 49.8 Å². The van der Waals surface area contributed by atoms with E-state index in [1.807, 2.05) is 13.0 Å². The molecule has 22 heavy (non-hydrogen) atoms. The lowest BCUT2D eigenvalue weighted by Crippen LogP contribution is -2.12. The number of H-pyrrole nitrogens is 1. The number of nitrogens with zero attached hydrogens (tertiary/aromatic N) is 1. The van der Waals surface area contributed by atoms with Crippen LogP contribution in [-0.2, 0) is 11.3 Å². The van der Waals surface area contributed by atoms with E-state index in [0.717, 1.165) is 28.2 Å². The van der Waals surface area contributed by atoms with Gasteiger partial charge in [0.15, 0.2) is 5.78 Å². The Morgan fingerprint density at radius 2 is 2.18 bits per heavy atom. The third kappa shape index (κ3) is 2.71. The molecule has 2 aromatic rings. The van der Waals surface area contributed by atoms with Crippen LogP contribution < -0.4 is 0 Å². The molecule has 1 aromatic carbocycles. The number of hydrogen-bond donors (Lipinski definition) is 1. The van der Waals surface area contributed by atoms with E-state index >= 15 is 0 Å². The summed E-state index contributed by atoms with van der Waals surface area (Å²) in [4.78, 5) is 19.7. The first-order chi connectivity index (χ1) is 10.6. The van der Waals surface area contributed by atoms with E-state index in [2.05, 4.69) is 16.0 Å². The van der Waals surface area contributed by atoms with Crippen LogP contribution in [0.15, 0.2) is 18.3 Å². The highest BCUT2D eigenvalue weighted by Crippen LogP contribution is 2.41. The molecule has 1 N–H and O–H groups in total. The summed E-state index contributed by atoms with van der Waals surface area (Å²) in [6.07, 6.45) is 5.52. The first-order valence-electron chi connectivity index (χ1n) is 7.78. The molecule has 0 bridgehead atoms. The molecule has 0 unspecified atom stereocenters. The second kappa shape index (κ2) is 6.05. The molecule has 1 fully saturated rings. The van der Waals surface area contributed by atoms with Crippen LogP contribution in [0.5, 0.6) is 0 Å². The minimum absolute atomic E-state index is 0.0996. The summed E-state index contributed by atoms with van der Waals surface area (Å²) in [5.74, 6) is 1.52. The molecular formula is C18H22N2O2. The molecule has 3 rings (SSSR count). The zero-order valence-corrected chi connectivity index (χ0v) is 13.4. The fourth-order valence-electron chi connectivity index (χ4n) is 3.10. The van der Waals surface area contributed by atoms with Crippen LogP contribution in [0, 0.1) is 6.92 Å². The third-order valence-corrected chi connectivity index (χ3v) is 4.50. The second-order valence-corrected chi connectivity index (χ2v) is 6.13. The zero-order chi connectivity index (χ0) is 15.7. The van der Waals surface area contributed by atoms with E-state index < -0.39 is 0 Å². The number of carbonyl (C=O) groups is 1. The van der Waals surface area contributed by atoms with Gasteiger partial charge in [0, 0.05) is 18.2 Å². The minimum atomic E-state index is 0.0996. The Balaban J connectivity index is 2.09. The standard InChI is InChI=1S/C18H22N2O2/c1-11-7-16(13-5-4-6-13)17(8-15(11)12(2)21)18-19-9-14(20-18)10-22-3/h7-9,13H,4-6,10H2,1-3H3,(H,19,20). The number of hydrogen-bond acceptors (Lipinski definition) is 3. The Bertz CT molecular complexity index is 699. The normalized spacial score (nSPS) is 14.9. The molecule has 0 radical (unpaired) electrons. The Hall–Kier alpha value is -1.94. The maximum atomic E-state index is 11.9. The predicted molar refractivity (Wildman–Crippen MR) is 86.1 cm³/mol. The van der Waals surface area contributed by atoms with Gasteiger partial charge in [-0.1, -0.05) is 12.5 Å². The van der Waals surface area contributed by atoms with Crippen LogP contribution in [0.2, 0.25) is 0 Å². The van der Waals surface area contributed by atoms with E-state index in [9.17, 15) is 4.79 Å². The lowest BCUT2D eigenvalue weighted by Gasteiger charge is -2.28. The Labute approximate surface area is 130 Å². The fraction of sp³-hybridized carbons (Fsp3) is 0.444. The molecule has 0 spiro atoms. The van der Waals surface area contributed by atoms with Gasteiger partial charge in [-0.15, -0.1) is 0 Å². The average molecular weight is 298 g/mol. The summed E-state index contributed by atoms with van der Waals surface area (Å²) in [7, 11) is 1.67. The molecule has 0 saturated heterocycles. The number of aromatic amines is 1. The highest BCUT2D eigenvalue weighted by molar-refractivity contribution is 5.97. The quantitative estimate of drug-likeness (QED) is 0.849. The number of ether oxygens (including phenoxy) is 1. The van der Waals surface area contributed by atoms with Crippen LogP contribution in [0.25, 0.3) is 11.4 Å². The maximum Gasteiger partial charge on any atom is 0.160 e. The summed E-state index contributed by atoms with van der Waals surface area (Å²) in [5, 5.41) is 0. The SMILES string of the molecule is COCc1cnc(-c2cc(C(C)=O)c(C)cc2C2CCC2)[nH]1. The van der Waals surface area contributed by atoms with Crippen molar-refractivity contribution in [2.24, 2.45) is 0 Å². The van der Waals surface area contributed by atoms with Crippen molar-refractivity contribution < 1.29 is 9.53 Å². The molecule has 0 amide bonds. The molecule has 1 heterocycles. The lowest BCUT2D eigenvalue weighted by molar-refractivity contribution is 0.101. The number of Topliss-reactive ketones (excluding diaryl/α,β-unsaturated/α-hetero) is 1. The zero-order valence-electron chi connectivity index (χ0n) is 13.4. The van der Waals surface area contributed by atoms with Crippen molar-refractivity contribution in [3.8, 4) is 11.4 Å². The van der Waals surface area contributed by atoms with Crippen molar-refractivity contribution in [2.75, 3.05) is 7.11 Å². The number of rotatable bonds is 5. The van der Waals surface area contributed by atoms with Crippen molar-refractivity contribution in [2.45, 2.75) is 45.6 Å². The molecule has 4 nitrogen and oxygen atoms in total. The van der Waals surface area contributed by atoms with Gasteiger partial charge < -0.3 is 9.72 Å². The molecule has 1 aliphatic rings. The van der Waals surface area contributed by atoms with Gasteiger partial charge in [-0.3, -0.25) is 4.79 Å². The molecule has 4 heteroatoms. The minimum Gasteiger partial charge on any atom is -0.378 e. The number of ketones is 1. The summed E-state index contributed by atoms with van der Waals surface area (Å²) >= 11 is 0. The largest absolute Gasteiger partial charge is 0.378 e. The highest BCUT2D eigenvalue weighted by Gasteiger charge is 2.25. The smallest absolute Gasteiger partial charge is 0.160 e. The molecule has 1 saturated carbocycles. The molecule has 1 aromatic heterocycles. The van der Waals surface area contributed by atoms with Crippen molar-refractivity contribution in [1.29, 1.82) is 0 Å². The molecular weight excluding hydrogens is 276 g/mol. The topological polar surface area (TPSA) is 55.0 Å². The van der Waals surface area contributed by atoms with Gasteiger partial charge in [0.2, 0.25) is 0 Å². The van der Waals surface area contributed by atoms with Crippen molar-refractivity contribution in [3.63, 3.8) is 0 Å². The summed E-state index contributed by atoms with van der Waals surface area (Å²) in [6.45, 7) is 4.14. The highest BCUT2D eigenvalue weighted by atomic mass is 16.5.